The van der Waals surface area contributed by atoms with E-state index in [1.165, 1.54) is 0 Å². The number of rotatable bonds is 11. The Morgan fingerprint density at radius 1 is 1.00 bits per heavy atom. The van der Waals surface area contributed by atoms with Crippen molar-refractivity contribution in [3.8, 4) is 0 Å². The lowest BCUT2D eigenvalue weighted by Crippen LogP contribution is -2.24. The number of carbonyl (C=O) groups is 1. The molecule has 1 aromatic rings. The molecule has 0 saturated carbocycles. The van der Waals surface area contributed by atoms with Crippen LogP contribution in [0, 0.1) is 0 Å². The molecule has 1 rings (SSSR count). The van der Waals surface area contributed by atoms with Gasteiger partial charge in [0, 0.05) is 17.4 Å². The molecular weight excluding hydrogens is 370 g/mol. The molecule has 0 fully saturated rings. The lowest BCUT2D eigenvalue weighted by Gasteiger charge is -2.07. The number of hydrogen-bond acceptors (Lipinski definition) is 3. The van der Waals surface area contributed by atoms with Gasteiger partial charge in [-0.3, -0.25) is 4.79 Å². The van der Waals surface area contributed by atoms with E-state index in [9.17, 15) is 13.2 Å². The Balaban J connectivity index is 2.13. The molecule has 0 aliphatic rings. The van der Waals surface area contributed by atoms with Crippen LogP contribution in [0.15, 0.2) is 33.6 Å². The number of nitrogens with one attached hydrogen (secondary N) is 1. The molecular formula is C15H22BrNO4S. The number of sulfonamides is 1. The predicted octanol–water partition coefficient (Wildman–Crippen LogP) is 3.54. The molecule has 0 amide bonds. The summed E-state index contributed by atoms with van der Waals surface area (Å²) in [6.45, 7) is 0.424. The molecule has 124 valence electrons. The highest BCUT2D eigenvalue weighted by molar-refractivity contribution is 9.10. The first kappa shape index (κ1) is 19.1. The minimum Gasteiger partial charge on any atom is -0.481 e. The minimum atomic E-state index is -3.42. The first-order chi connectivity index (χ1) is 10.4. The second kappa shape index (κ2) is 9.97. The van der Waals surface area contributed by atoms with Gasteiger partial charge in [-0.1, -0.05) is 41.6 Å². The summed E-state index contributed by atoms with van der Waals surface area (Å²) in [6, 6.07) is 6.53. The number of hydrogen-bond donors (Lipinski definition) is 2. The minimum absolute atomic E-state index is 0.229. The van der Waals surface area contributed by atoms with Crippen LogP contribution in [0.5, 0.6) is 0 Å². The third kappa shape index (κ3) is 7.91. The van der Waals surface area contributed by atoms with Gasteiger partial charge in [0.05, 0.1) is 4.90 Å². The molecule has 5 nitrogen and oxygen atoms in total. The smallest absolute Gasteiger partial charge is 0.303 e. The first-order valence-corrected chi connectivity index (χ1v) is 9.66. The average molecular weight is 392 g/mol. The summed E-state index contributed by atoms with van der Waals surface area (Å²) < 4.78 is 27.4. The number of carboxylic acid groups (broad SMARTS) is 1. The highest BCUT2D eigenvalue weighted by Crippen LogP contribution is 2.14. The first-order valence-electron chi connectivity index (χ1n) is 7.39. The van der Waals surface area contributed by atoms with E-state index < -0.39 is 16.0 Å². The zero-order chi connectivity index (χ0) is 16.4. The normalized spacial score (nSPS) is 11.5. The van der Waals surface area contributed by atoms with Crippen LogP contribution >= 0.6 is 15.9 Å². The summed E-state index contributed by atoms with van der Waals surface area (Å²) in [7, 11) is -3.42. The SMILES string of the molecule is O=C(O)CCCCCCCCNS(=O)(=O)c1ccc(Br)cc1. The molecule has 22 heavy (non-hydrogen) atoms. The highest BCUT2D eigenvalue weighted by atomic mass is 79.9. The number of benzene rings is 1. The van der Waals surface area contributed by atoms with Gasteiger partial charge >= 0.3 is 5.97 Å². The van der Waals surface area contributed by atoms with Gasteiger partial charge in [-0.05, 0) is 37.1 Å². The van der Waals surface area contributed by atoms with Crippen LogP contribution in [-0.4, -0.2) is 26.0 Å². The molecule has 0 spiro atoms. The van der Waals surface area contributed by atoms with Crippen LogP contribution in [0.1, 0.15) is 44.9 Å². The Kier molecular flexibility index (Phi) is 8.67. The molecule has 0 aromatic heterocycles. The van der Waals surface area contributed by atoms with Crippen LogP contribution in [0.25, 0.3) is 0 Å². The summed E-state index contributed by atoms with van der Waals surface area (Å²) in [4.78, 5) is 10.6. The van der Waals surface area contributed by atoms with Crippen molar-refractivity contribution in [2.45, 2.75) is 49.8 Å². The zero-order valence-corrected chi connectivity index (χ0v) is 14.8. The Morgan fingerprint density at radius 2 is 1.55 bits per heavy atom. The van der Waals surface area contributed by atoms with E-state index in [0.29, 0.717) is 13.0 Å². The van der Waals surface area contributed by atoms with Crippen molar-refractivity contribution in [1.29, 1.82) is 0 Å². The van der Waals surface area contributed by atoms with Gasteiger partial charge in [0.2, 0.25) is 10.0 Å². The largest absolute Gasteiger partial charge is 0.481 e. The Hall–Kier alpha value is -0.920. The van der Waals surface area contributed by atoms with Crippen LogP contribution in [0.3, 0.4) is 0 Å². The molecule has 0 atom stereocenters. The fraction of sp³-hybridized carbons (Fsp3) is 0.533. The van der Waals surface area contributed by atoms with Crippen molar-refractivity contribution in [3.63, 3.8) is 0 Å². The Labute approximate surface area is 140 Å². The van der Waals surface area contributed by atoms with Gasteiger partial charge in [-0.2, -0.15) is 0 Å². The Morgan fingerprint density at radius 3 is 2.14 bits per heavy atom. The van der Waals surface area contributed by atoms with Gasteiger partial charge in [-0.25, -0.2) is 13.1 Å². The molecule has 2 N–H and O–H groups in total. The zero-order valence-electron chi connectivity index (χ0n) is 12.4. The second-order valence-electron chi connectivity index (χ2n) is 5.12. The summed E-state index contributed by atoms with van der Waals surface area (Å²) in [5, 5.41) is 8.50. The van der Waals surface area contributed by atoms with Crippen LogP contribution in [0.2, 0.25) is 0 Å². The van der Waals surface area contributed by atoms with Crippen LogP contribution in [0.4, 0.5) is 0 Å². The predicted molar refractivity (Wildman–Crippen MR) is 89.3 cm³/mol. The number of aliphatic carboxylic acids is 1. The number of unbranched alkanes of at least 4 members (excludes halogenated alkanes) is 5. The van der Waals surface area contributed by atoms with Gasteiger partial charge in [-0.15, -0.1) is 0 Å². The quantitative estimate of drug-likeness (QED) is 0.565. The summed E-state index contributed by atoms with van der Waals surface area (Å²) >= 11 is 3.27. The van der Waals surface area contributed by atoms with E-state index in [4.69, 9.17) is 5.11 Å². The summed E-state index contributed by atoms with van der Waals surface area (Å²) in [6.07, 6.45) is 5.58. The van der Waals surface area contributed by atoms with Crippen molar-refractivity contribution in [3.05, 3.63) is 28.7 Å². The summed E-state index contributed by atoms with van der Waals surface area (Å²) in [5.41, 5.74) is 0. The van der Waals surface area contributed by atoms with Crippen LogP contribution < -0.4 is 4.72 Å². The van der Waals surface area contributed by atoms with E-state index >= 15 is 0 Å². The molecule has 0 aliphatic carbocycles. The second-order valence-corrected chi connectivity index (χ2v) is 7.80. The maximum atomic E-state index is 12.0. The lowest BCUT2D eigenvalue weighted by atomic mass is 10.1. The summed E-state index contributed by atoms with van der Waals surface area (Å²) in [5.74, 6) is -0.748. The molecule has 0 heterocycles. The van der Waals surface area contributed by atoms with Crippen molar-refractivity contribution in [1.82, 2.24) is 4.72 Å². The van der Waals surface area contributed by atoms with Gasteiger partial charge in [0.25, 0.3) is 0 Å². The van der Waals surface area contributed by atoms with Crippen LogP contribution in [-0.2, 0) is 14.8 Å². The molecule has 0 aliphatic heterocycles. The fourth-order valence-electron chi connectivity index (χ4n) is 2.01. The molecule has 0 unspecified atom stereocenters. The average Bonchev–Trinajstić information content (AvgIpc) is 2.45. The van der Waals surface area contributed by atoms with Crippen molar-refractivity contribution in [2.75, 3.05) is 6.54 Å². The number of halogens is 1. The van der Waals surface area contributed by atoms with E-state index in [1.54, 1.807) is 24.3 Å². The standard InChI is InChI=1S/C15H22BrNO4S/c16-13-8-10-14(11-9-13)22(20,21)17-12-6-4-2-1-3-5-7-15(18)19/h8-11,17H,1-7,12H2,(H,18,19). The van der Waals surface area contributed by atoms with E-state index in [1.807, 2.05) is 0 Å². The molecule has 1 aromatic carbocycles. The fourth-order valence-corrected chi connectivity index (χ4v) is 3.35. The van der Waals surface area contributed by atoms with Crippen molar-refractivity contribution >= 4 is 31.9 Å². The molecule has 0 radical (unpaired) electrons. The monoisotopic (exact) mass is 391 g/mol. The Bertz CT molecular complexity index is 557. The topological polar surface area (TPSA) is 83.5 Å². The molecule has 7 heteroatoms. The molecule has 0 saturated heterocycles. The maximum Gasteiger partial charge on any atom is 0.303 e. The van der Waals surface area contributed by atoms with Gasteiger partial charge < -0.3 is 5.11 Å². The lowest BCUT2D eigenvalue weighted by molar-refractivity contribution is -0.137. The van der Waals surface area contributed by atoms with E-state index in [2.05, 4.69) is 20.7 Å². The van der Waals surface area contributed by atoms with E-state index in [-0.39, 0.29) is 11.3 Å². The number of carboxylic acids is 1. The third-order valence-corrected chi connectivity index (χ3v) is 5.24. The van der Waals surface area contributed by atoms with Gasteiger partial charge in [0.15, 0.2) is 0 Å². The van der Waals surface area contributed by atoms with Gasteiger partial charge in [0.1, 0.15) is 0 Å². The maximum absolute atomic E-state index is 12.0. The van der Waals surface area contributed by atoms with Crippen molar-refractivity contribution < 1.29 is 18.3 Å². The van der Waals surface area contributed by atoms with E-state index in [0.717, 1.165) is 36.6 Å². The molecule has 0 bridgehead atoms. The third-order valence-electron chi connectivity index (χ3n) is 3.23. The van der Waals surface area contributed by atoms with Crippen molar-refractivity contribution in [2.24, 2.45) is 0 Å². The highest BCUT2D eigenvalue weighted by Gasteiger charge is 2.12.